The molecule has 178 valence electrons. The topological polar surface area (TPSA) is 85.1 Å². The van der Waals surface area contributed by atoms with Crippen LogP contribution in [0, 0.1) is 5.82 Å². The molecule has 0 spiro atoms. The Hall–Kier alpha value is -4.30. The van der Waals surface area contributed by atoms with Crippen LogP contribution in [-0.4, -0.2) is 34.1 Å². The Balaban J connectivity index is 1.72. The lowest BCUT2D eigenvalue weighted by atomic mass is 10.0. The van der Waals surface area contributed by atoms with Crippen molar-refractivity contribution in [2.24, 2.45) is 0 Å². The maximum absolute atomic E-state index is 13.5. The molecule has 0 saturated carbocycles. The lowest BCUT2D eigenvalue weighted by Gasteiger charge is -2.12. The highest BCUT2D eigenvalue weighted by atomic mass is 19.1. The monoisotopic (exact) mass is 472 g/mol. The second-order valence-corrected chi connectivity index (χ2v) is 8.12. The van der Waals surface area contributed by atoms with Gasteiger partial charge in [-0.05, 0) is 49.9 Å². The van der Waals surface area contributed by atoms with E-state index in [-0.39, 0.29) is 23.9 Å². The van der Waals surface area contributed by atoms with Crippen molar-refractivity contribution in [2.75, 3.05) is 12.4 Å². The Kier molecular flexibility index (Phi) is 7.03. The number of nitrogens with one attached hydrogen (secondary N) is 2. The van der Waals surface area contributed by atoms with Crippen LogP contribution < -0.4 is 16.2 Å². The molecule has 4 aromatic rings. The summed E-state index contributed by atoms with van der Waals surface area (Å²) in [4.78, 5) is 38.6. The molecule has 0 fully saturated rings. The van der Waals surface area contributed by atoms with E-state index in [2.05, 4.69) is 10.6 Å². The van der Waals surface area contributed by atoms with Gasteiger partial charge >= 0.3 is 0 Å². The molecule has 2 N–H and O–H groups in total. The molecule has 0 radical (unpaired) electrons. The lowest BCUT2D eigenvalue weighted by Crippen LogP contribution is -2.36. The van der Waals surface area contributed by atoms with E-state index in [1.807, 2.05) is 12.1 Å². The summed E-state index contributed by atoms with van der Waals surface area (Å²) in [7, 11) is 1.65. The summed E-state index contributed by atoms with van der Waals surface area (Å²) in [5.41, 5.74) is 2.00. The summed E-state index contributed by atoms with van der Waals surface area (Å²) in [5, 5.41) is 5.49. The molecule has 0 aliphatic carbocycles. The molecule has 1 unspecified atom stereocenters. The number of likely N-dealkylation sites (N-methyl/N-ethyl adjacent to an activating group) is 1. The van der Waals surface area contributed by atoms with Crippen molar-refractivity contribution in [3.63, 3.8) is 0 Å². The molecule has 1 aromatic heterocycles. The van der Waals surface area contributed by atoms with Crippen molar-refractivity contribution < 1.29 is 14.0 Å². The maximum Gasteiger partial charge on any atom is 0.291 e. The van der Waals surface area contributed by atoms with Gasteiger partial charge in [-0.15, -0.1) is 0 Å². The summed E-state index contributed by atoms with van der Waals surface area (Å²) < 4.78 is 16.5. The van der Waals surface area contributed by atoms with Crippen LogP contribution in [0.1, 0.15) is 28.4 Å². The molecule has 3 aromatic carbocycles. The third-order valence-corrected chi connectivity index (χ3v) is 5.71. The van der Waals surface area contributed by atoms with Gasteiger partial charge in [0, 0.05) is 11.1 Å². The maximum atomic E-state index is 13.5. The first-order valence-corrected chi connectivity index (χ1v) is 11.1. The summed E-state index contributed by atoms with van der Waals surface area (Å²) in [5.74, 6) is -0.885. The first-order chi connectivity index (χ1) is 16.9. The van der Waals surface area contributed by atoms with Crippen molar-refractivity contribution >= 4 is 17.4 Å². The fraction of sp³-hybridized carbons (Fsp3) is 0.148. The third kappa shape index (κ3) is 5.28. The molecule has 4 rings (SSSR count). The highest BCUT2D eigenvalue weighted by molar-refractivity contribution is 6.09. The van der Waals surface area contributed by atoms with Gasteiger partial charge < -0.3 is 10.6 Å². The molecule has 35 heavy (non-hydrogen) atoms. The SMILES string of the molecule is CNC(C)C(=O)Nc1cn(-c2ccc(F)cc2)n(Cc2cccc(C(=O)c3ccccc3)c2)c1=O. The summed E-state index contributed by atoms with van der Waals surface area (Å²) >= 11 is 0. The predicted octanol–water partition coefficient (Wildman–Crippen LogP) is 3.60. The normalized spacial score (nSPS) is 11.7. The molecule has 7 nitrogen and oxygen atoms in total. The number of carbonyl (C=O) groups excluding carboxylic acids is 2. The standard InChI is InChI=1S/C27H25FN4O3/c1-18(29-2)26(34)30-24-17-31(23-13-11-22(28)12-14-23)32(27(24)35)16-19-7-6-10-21(15-19)25(33)20-8-4-3-5-9-20/h3-15,17-18,29H,16H2,1-2H3,(H,30,34). The molecule has 0 saturated heterocycles. The van der Waals surface area contributed by atoms with Crippen molar-refractivity contribution in [1.29, 1.82) is 0 Å². The number of anilines is 1. The third-order valence-electron chi connectivity index (χ3n) is 5.71. The Morgan fingerprint density at radius 3 is 2.31 bits per heavy atom. The number of rotatable bonds is 8. The summed E-state index contributed by atoms with van der Waals surface area (Å²) in [6.07, 6.45) is 1.51. The first kappa shape index (κ1) is 23.8. The van der Waals surface area contributed by atoms with Gasteiger partial charge in [-0.25, -0.2) is 9.07 Å². The quantitative estimate of drug-likeness (QED) is 0.384. The van der Waals surface area contributed by atoms with Gasteiger partial charge in [-0.3, -0.25) is 19.1 Å². The molecule has 1 atom stereocenters. The van der Waals surface area contributed by atoms with Crippen LogP contribution in [0.25, 0.3) is 5.69 Å². The molecular weight excluding hydrogens is 447 g/mol. The minimum Gasteiger partial charge on any atom is -0.319 e. The van der Waals surface area contributed by atoms with Gasteiger partial charge in [0.25, 0.3) is 5.56 Å². The van der Waals surface area contributed by atoms with Gasteiger partial charge in [-0.2, -0.15) is 0 Å². The average Bonchev–Trinajstić information content (AvgIpc) is 3.18. The number of hydrogen-bond acceptors (Lipinski definition) is 4. The fourth-order valence-corrected chi connectivity index (χ4v) is 3.64. The average molecular weight is 473 g/mol. The van der Waals surface area contributed by atoms with Crippen molar-refractivity contribution in [1.82, 2.24) is 14.7 Å². The van der Waals surface area contributed by atoms with Crippen LogP contribution >= 0.6 is 0 Å². The number of amides is 1. The number of aromatic nitrogens is 2. The second kappa shape index (κ2) is 10.3. The molecule has 1 heterocycles. The minimum atomic E-state index is -0.502. The zero-order valence-electron chi connectivity index (χ0n) is 19.4. The summed E-state index contributed by atoms with van der Waals surface area (Å²) in [6, 6.07) is 21.2. The van der Waals surface area contributed by atoms with E-state index in [0.29, 0.717) is 16.8 Å². The molecular formula is C27H25FN4O3. The predicted molar refractivity (Wildman–Crippen MR) is 133 cm³/mol. The van der Waals surface area contributed by atoms with Crippen LogP contribution in [0.15, 0.2) is 89.9 Å². The lowest BCUT2D eigenvalue weighted by molar-refractivity contribution is -0.117. The highest BCUT2D eigenvalue weighted by Crippen LogP contribution is 2.16. The first-order valence-electron chi connectivity index (χ1n) is 11.1. The van der Waals surface area contributed by atoms with Gasteiger partial charge in [0.15, 0.2) is 5.78 Å². The van der Waals surface area contributed by atoms with Gasteiger partial charge in [0.05, 0.1) is 24.5 Å². The van der Waals surface area contributed by atoms with E-state index < -0.39 is 17.4 Å². The Morgan fingerprint density at radius 2 is 1.63 bits per heavy atom. The molecule has 0 aliphatic rings. The number of nitrogens with zero attached hydrogens (tertiary/aromatic N) is 2. The Labute approximate surface area is 201 Å². The van der Waals surface area contributed by atoms with Gasteiger partial charge in [0.2, 0.25) is 5.91 Å². The number of halogens is 1. The van der Waals surface area contributed by atoms with Crippen molar-refractivity contribution in [2.45, 2.75) is 19.5 Å². The van der Waals surface area contributed by atoms with Crippen LogP contribution in [0.3, 0.4) is 0 Å². The van der Waals surface area contributed by atoms with E-state index in [0.717, 1.165) is 5.56 Å². The number of carbonyl (C=O) groups is 2. The van der Waals surface area contributed by atoms with E-state index in [9.17, 15) is 18.8 Å². The smallest absolute Gasteiger partial charge is 0.291 e. The molecule has 0 bridgehead atoms. The highest BCUT2D eigenvalue weighted by Gasteiger charge is 2.18. The van der Waals surface area contributed by atoms with Crippen molar-refractivity contribution in [3.8, 4) is 5.69 Å². The minimum absolute atomic E-state index is 0.0953. The van der Waals surface area contributed by atoms with E-state index >= 15 is 0 Å². The van der Waals surface area contributed by atoms with Gasteiger partial charge in [0.1, 0.15) is 11.5 Å². The van der Waals surface area contributed by atoms with Crippen molar-refractivity contribution in [3.05, 3.63) is 118 Å². The molecule has 1 amide bonds. The van der Waals surface area contributed by atoms with E-state index in [1.54, 1.807) is 73.3 Å². The van der Waals surface area contributed by atoms with E-state index in [4.69, 9.17) is 0 Å². The number of hydrogen-bond donors (Lipinski definition) is 2. The number of benzene rings is 3. The molecule has 8 heteroatoms. The largest absolute Gasteiger partial charge is 0.319 e. The van der Waals surface area contributed by atoms with Crippen LogP contribution in [0.5, 0.6) is 0 Å². The zero-order chi connectivity index (χ0) is 24.9. The number of ketones is 1. The fourth-order valence-electron chi connectivity index (χ4n) is 3.64. The zero-order valence-corrected chi connectivity index (χ0v) is 19.4. The Morgan fingerprint density at radius 1 is 0.943 bits per heavy atom. The van der Waals surface area contributed by atoms with E-state index in [1.165, 1.54) is 23.0 Å². The summed E-state index contributed by atoms with van der Waals surface area (Å²) in [6.45, 7) is 1.81. The Bertz CT molecular complexity index is 1410. The van der Waals surface area contributed by atoms with Crippen LogP contribution in [0.4, 0.5) is 10.1 Å². The van der Waals surface area contributed by atoms with Gasteiger partial charge in [-0.1, -0.05) is 48.5 Å². The van der Waals surface area contributed by atoms with Crippen LogP contribution in [-0.2, 0) is 11.3 Å². The second-order valence-electron chi connectivity index (χ2n) is 8.12. The van der Waals surface area contributed by atoms with Crippen LogP contribution in [0.2, 0.25) is 0 Å². The molecule has 0 aliphatic heterocycles.